The van der Waals surface area contributed by atoms with Crippen molar-refractivity contribution in [3.05, 3.63) is 173 Å². The molecule has 0 radical (unpaired) electrons. The smallest absolute Gasteiger partial charge is 0.0684 e. The van der Waals surface area contributed by atoms with Gasteiger partial charge in [0.05, 0.1) is 6.61 Å². The summed E-state index contributed by atoms with van der Waals surface area (Å²) in [5.74, 6) is 0. The molecule has 1 N–H and O–H groups in total. The molecule has 43 heavy (non-hydrogen) atoms. The number of hydrogen-bond acceptors (Lipinski definition) is 1. The minimum atomic E-state index is -0.719. The first-order valence-electron chi connectivity index (χ1n) is 15.1. The Kier molecular flexibility index (Phi) is 9.76. The molecule has 1 nitrogen and oxygen atoms in total. The van der Waals surface area contributed by atoms with E-state index in [1.165, 1.54) is 48.5 Å². The number of benzene rings is 5. The fourth-order valence-corrected chi connectivity index (χ4v) is 11.1. The van der Waals surface area contributed by atoms with Crippen LogP contribution in [-0.4, -0.2) is 5.11 Å². The normalized spacial score (nSPS) is 16.2. The number of hydrogen-bond donors (Lipinski definition) is 1. The molecule has 3 heteroatoms. The Balaban J connectivity index is 1.45. The van der Waals surface area contributed by atoms with Crippen molar-refractivity contribution in [2.45, 2.75) is 39.2 Å². The molecule has 5 aromatic carbocycles. The Morgan fingerprint density at radius 2 is 1.05 bits per heavy atom. The summed E-state index contributed by atoms with van der Waals surface area (Å²) in [4.78, 5) is 0. The van der Waals surface area contributed by atoms with Gasteiger partial charge in [0.25, 0.3) is 0 Å². The van der Waals surface area contributed by atoms with Gasteiger partial charge in [-0.05, 0) is 103 Å². The minimum absolute atomic E-state index is 0.0728. The third kappa shape index (κ3) is 6.82. The standard InChI is InChI=1S/C40H38OP2/c1-31-26-27-32-29-40(43(37-21-10-4-11-22-37)38-23-12-5-13-24-38)33(28-34(32)30-41)16-14-15-25-39(31)42(35-17-6-2-7-18-35)36-19-8-3-9-20-36/h2-13,15,17-25,28-29,41H,14,16,26-27,30H2,1H3/b25-15+,39-31-. The lowest BCUT2D eigenvalue weighted by molar-refractivity contribution is 0.280. The van der Waals surface area contributed by atoms with Crippen LogP contribution >= 0.6 is 15.8 Å². The molecule has 7 rings (SSSR count). The van der Waals surface area contributed by atoms with Crippen LogP contribution in [0.3, 0.4) is 0 Å². The van der Waals surface area contributed by atoms with Gasteiger partial charge in [-0.1, -0.05) is 145 Å². The first-order valence-corrected chi connectivity index (χ1v) is 17.8. The SMILES string of the molecule is C/C1=C(P(c2ccccc2)c2ccccc2)\C=C\CCc2cc(CO)c(cc2P(c2ccccc2)c2ccccc2)CC1. The molecule has 0 aliphatic heterocycles. The molecule has 0 unspecified atom stereocenters. The predicted octanol–water partition coefficient (Wildman–Crippen LogP) is 7.78. The van der Waals surface area contributed by atoms with E-state index < -0.39 is 15.8 Å². The lowest BCUT2D eigenvalue weighted by atomic mass is 9.96. The molecular weight excluding hydrogens is 558 g/mol. The van der Waals surface area contributed by atoms with Crippen LogP contribution in [0.15, 0.2) is 156 Å². The van der Waals surface area contributed by atoms with Crippen molar-refractivity contribution in [3.8, 4) is 0 Å². The van der Waals surface area contributed by atoms with E-state index in [-0.39, 0.29) is 6.61 Å². The van der Waals surface area contributed by atoms with Crippen molar-refractivity contribution in [1.29, 1.82) is 0 Å². The highest BCUT2D eigenvalue weighted by molar-refractivity contribution is 7.80. The van der Waals surface area contributed by atoms with Gasteiger partial charge in [0.1, 0.15) is 0 Å². The molecule has 0 heterocycles. The van der Waals surface area contributed by atoms with Gasteiger partial charge in [0.15, 0.2) is 0 Å². The topological polar surface area (TPSA) is 20.2 Å². The Bertz CT molecular complexity index is 1610. The first-order chi connectivity index (χ1) is 21.2. The maximum Gasteiger partial charge on any atom is 0.0684 e. The molecule has 0 saturated carbocycles. The highest BCUT2D eigenvalue weighted by atomic mass is 31.1. The summed E-state index contributed by atoms with van der Waals surface area (Å²) in [6.07, 6.45) is 8.58. The molecule has 0 amide bonds. The molecule has 0 atom stereocenters. The summed E-state index contributed by atoms with van der Waals surface area (Å²) in [6, 6.07) is 48.7. The van der Waals surface area contributed by atoms with Gasteiger partial charge >= 0.3 is 0 Å². The van der Waals surface area contributed by atoms with Gasteiger partial charge in [0.2, 0.25) is 0 Å². The first kappa shape index (κ1) is 29.5. The maximum atomic E-state index is 10.5. The van der Waals surface area contributed by atoms with Crippen molar-refractivity contribution in [3.63, 3.8) is 0 Å². The molecular formula is C40H38OP2. The maximum absolute atomic E-state index is 10.5. The molecule has 2 aliphatic carbocycles. The van der Waals surface area contributed by atoms with E-state index in [9.17, 15) is 5.11 Å². The van der Waals surface area contributed by atoms with Crippen LogP contribution in [0.5, 0.6) is 0 Å². The zero-order valence-electron chi connectivity index (χ0n) is 24.7. The van der Waals surface area contributed by atoms with Gasteiger partial charge in [-0.15, -0.1) is 0 Å². The lowest BCUT2D eigenvalue weighted by Gasteiger charge is -2.26. The third-order valence-electron chi connectivity index (χ3n) is 8.17. The number of aliphatic hydroxyl groups is 1. The number of rotatable bonds is 7. The molecule has 214 valence electrons. The van der Waals surface area contributed by atoms with E-state index >= 15 is 0 Å². The van der Waals surface area contributed by atoms with Crippen molar-refractivity contribution >= 4 is 42.4 Å². The molecule has 0 spiro atoms. The number of allylic oxidation sites excluding steroid dienone is 4. The molecule has 0 aromatic heterocycles. The van der Waals surface area contributed by atoms with E-state index in [0.29, 0.717) is 0 Å². The molecule has 2 aliphatic rings. The average molecular weight is 597 g/mol. The fourth-order valence-electron chi connectivity index (χ4n) is 5.97. The zero-order chi connectivity index (χ0) is 29.4. The third-order valence-corrected chi connectivity index (χ3v) is 13.3. The number of fused-ring (bicyclic) bond motifs is 7. The molecule has 0 fully saturated rings. The summed E-state index contributed by atoms with van der Waals surface area (Å²) in [6.45, 7) is 2.39. The van der Waals surface area contributed by atoms with Crippen LogP contribution in [-0.2, 0) is 19.4 Å². The Hall–Kier alpha value is -3.60. The summed E-state index contributed by atoms with van der Waals surface area (Å²) in [7, 11) is -1.39. The Labute approximate surface area is 259 Å². The van der Waals surface area contributed by atoms with Crippen LogP contribution in [0, 0.1) is 0 Å². The highest BCUT2D eigenvalue weighted by Gasteiger charge is 2.23. The van der Waals surface area contributed by atoms with Crippen LogP contribution < -0.4 is 26.5 Å². The van der Waals surface area contributed by atoms with Crippen LogP contribution in [0.4, 0.5) is 0 Å². The number of aliphatic hydroxyl groups excluding tert-OH is 1. The molecule has 5 aromatic rings. The molecule has 2 bridgehead atoms. The van der Waals surface area contributed by atoms with E-state index in [1.54, 1.807) is 0 Å². The van der Waals surface area contributed by atoms with E-state index in [4.69, 9.17) is 0 Å². The van der Waals surface area contributed by atoms with Crippen molar-refractivity contribution in [2.75, 3.05) is 0 Å². The second-order valence-corrected chi connectivity index (χ2v) is 15.4. The van der Waals surface area contributed by atoms with E-state index in [1.807, 2.05) is 0 Å². The quantitative estimate of drug-likeness (QED) is 0.190. The average Bonchev–Trinajstić information content (AvgIpc) is 3.07. The second-order valence-electron chi connectivity index (χ2n) is 11.0. The lowest BCUT2D eigenvalue weighted by Crippen LogP contribution is -2.24. The summed E-state index contributed by atoms with van der Waals surface area (Å²) < 4.78 is 0. The largest absolute Gasteiger partial charge is 0.392 e. The zero-order valence-corrected chi connectivity index (χ0v) is 26.5. The molecule has 0 saturated heterocycles. The Morgan fingerprint density at radius 3 is 1.53 bits per heavy atom. The summed E-state index contributed by atoms with van der Waals surface area (Å²) in [5.41, 5.74) is 5.13. The predicted molar refractivity (Wildman–Crippen MR) is 189 cm³/mol. The fraction of sp³-hybridized carbons (Fsp3) is 0.150. The van der Waals surface area contributed by atoms with E-state index in [0.717, 1.165) is 31.2 Å². The Morgan fingerprint density at radius 1 is 0.558 bits per heavy atom. The van der Waals surface area contributed by atoms with Crippen molar-refractivity contribution < 1.29 is 5.11 Å². The van der Waals surface area contributed by atoms with Crippen LogP contribution in [0.2, 0.25) is 0 Å². The minimum Gasteiger partial charge on any atom is -0.392 e. The van der Waals surface area contributed by atoms with Crippen molar-refractivity contribution in [1.82, 2.24) is 0 Å². The van der Waals surface area contributed by atoms with Gasteiger partial charge in [-0.25, -0.2) is 0 Å². The van der Waals surface area contributed by atoms with Gasteiger partial charge in [-0.3, -0.25) is 0 Å². The van der Waals surface area contributed by atoms with E-state index in [2.05, 4.69) is 153 Å². The van der Waals surface area contributed by atoms with Gasteiger partial charge in [-0.2, -0.15) is 0 Å². The second kappa shape index (κ2) is 14.2. The van der Waals surface area contributed by atoms with Crippen LogP contribution in [0.1, 0.15) is 36.5 Å². The summed E-state index contributed by atoms with van der Waals surface area (Å²) in [5, 5.41) is 18.9. The highest BCUT2D eigenvalue weighted by Crippen LogP contribution is 2.46. The van der Waals surface area contributed by atoms with Crippen LogP contribution in [0.25, 0.3) is 0 Å². The summed E-state index contributed by atoms with van der Waals surface area (Å²) >= 11 is 0. The van der Waals surface area contributed by atoms with Crippen molar-refractivity contribution in [2.24, 2.45) is 0 Å². The van der Waals surface area contributed by atoms with Gasteiger partial charge < -0.3 is 5.11 Å². The van der Waals surface area contributed by atoms with Gasteiger partial charge in [0, 0.05) is 0 Å². The monoisotopic (exact) mass is 596 g/mol. The number of aryl methyl sites for hydroxylation is 2.